The number of alkyl halides is 2. The van der Waals surface area contributed by atoms with E-state index in [1.54, 1.807) is 5.32 Å². The predicted octanol–water partition coefficient (Wildman–Crippen LogP) is 3.34. The van der Waals surface area contributed by atoms with Crippen molar-refractivity contribution in [2.24, 2.45) is 0 Å². The first kappa shape index (κ1) is 12.1. The molecule has 0 atom stereocenters. The summed E-state index contributed by atoms with van der Waals surface area (Å²) in [4.78, 5) is 10.6. The van der Waals surface area contributed by atoms with Crippen LogP contribution in [0, 0.1) is 5.82 Å². The van der Waals surface area contributed by atoms with Gasteiger partial charge in [-0.1, -0.05) is 23.2 Å². The Hall–Kier alpha value is -0.940. The highest BCUT2D eigenvalue weighted by Gasteiger charge is 2.18. The van der Waals surface area contributed by atoms with Crippen molar-refractivity contribution in [2.75, 3.05) is 5.32 Å². The largest absolute Gasteiger partial charge is 0.319 e. The number of benzene rings is 1. The average Bonchev–Trinajstić information content (AvgIpc) is 2.10. The third-order valence-corrected chi connectivity index (χ3v) is 2.05. The summed E-state index contributed by atoms with van der Waals surface area (Å²) < 4.78 is 36.4. The normalized spacial score (nSPS) is 10.5. The fourth-order valence-electron chi connectivity index (χ4n) is 0.839. The van der Waals surface area contributed by atoms with E-state index >= 15 is 0 Å². The van der Waals surface area contributed by atoms with Gasteiger partial charge in [0.15, 0.2) is 0 Å². The molecule has 7 heteroatoms. The molecule has 1 amide bonds. The fourth-order valence-corrected chi connectivity index (χ4v) is 1.39. The van der Waals surface area contributed by atoms with Gasteiger partial charge in [0.05, 0.1) is 15.7 Å². The summed E-state index contributed by atoms with van der Waals surface area (Å²) in [5, 5.41) is 1.30. The van der Waals surface area contributed by atoms with Crippen molar-refractivity contribution in [3.8, 4) is 0 Å². The Bertz CT molecular complexity index is 374. The number of rotatable bonds is 2. The van der Waals surface area contributed by atoms with Crippen LogP contribution in [-0.4, -0.2) is 12.3 Å². The first-order chi connectivity index (χ1) is 6.91. The molecule has 0 saturated carbocycles. The molecule has 0 aliphatic carbocycles. The molecule has 0 fully saturated rings. The molecule has 1 aromatic carbocycles. The van der Waals surface area contributed by atoms with E-state index in [9.17, 15) is 18.0 Å². The van der Waals surface area contributed by atoms with Crippen LogP contribution in [0.5, 0.6) is 0 Å². The SMILES string of the molecule is O=C(Nc1c(Cl)cc(F)cc1Cl)C(F)F. The highest BCUT2D eigenvalue weighted by atomic mass is 35.5. The zero-order chi connectivity index (χ0) is 11.6. The van der Waals surface area contributed by atoms with E-state index in [-0.39, 0.29) is 15.7 Å². The van der Waals surface area contributed by atoms with Gasteiger partial charge in [-0.25, -0.2) is 4.39 Å². The maximum Gasteiger partial charge on any atom is 0.315 e. The average molecular weight is 258 g/mol. The lowest BCUT2D eigenvalue weighted by Crippen LogP contribution is -2.20. The molecular weight excluding hydrogens is 254 g/mol. The lowest BCUT2D eigenvalue weighted by atomic mass is 10.3. The molecule has 0 saturated heterocycles. The lowest BCUT2D eigenvalue weighted by molar-refractivity contribution is -0.126. The summed E-state index contributed by atoms with van der Waals surface area (Å²) in [5.74, 6) is -2.27. The Morgan fingerprint density at radius 3 is 2.13 bits per heavy atom. The molecule has 15 heavy (non-hydrogen) atoms. The van der Waals surface area contributed by atoms with Crippen molar-refractivity contribution in [1.29, 1.82) is 0 Å². The van der Waals surface area contributed by atoms with Crippen LogP contribution in [0.15, 0.2) is 12.1 Å². The molecule has 2 nitrogen and oxygen atoms in total. The molecule has 0 radical (unpaired) electrons. The number of nitrogens with one attached hydrogen (secondary N) is 1. The van der Waals surface area contributed by atoms with Crippen molar-refractivity contribution in [2.45, 2.75) is 6.43 Å². The molecule has 1 N–H and O–H groups in total. The maximum absolute atomic E-state index is 12.7. The third kappa shape index (κ3) is 3.00. The maximum atomic E-state index is 12.7. The molecule has 0 heterocycles. The highest BCUT2D eigenvalue weighted by Crippen LogP contribution is 2.31. The van der Waals surface area contributed by atoms with Crippen molar-refractivity contribution in [3.05, 3.63) is 28.0 Å². The standard InChI is InChI=1S/C8H4Cl2F3NO/c9-4-1-3(11)2-5(10)6(4)14-8(15)7(12)13/h1-2,7H,(H,14,15). The lowest BCUT2D eigenvalue weighted by Gasteiger charge is -2.08. The summed E-state index contributed by atoms with van der Waals surface area (Å²) >= 11 is 11.0. The topological polar surface area (TPSA) is 29.1 Å². The molecule has 1 rings (SSSR count). The van der Waals surface area contributed by atoms with Gasteiger partial charge >= 0.3 is 6.43 Å². The summed E-state index contributed by atoms with van der Waals surface area (Å²) in [6.07, 6.45) is -3.19. The second kappa shape index (κ2) is 4.72. The Morgan fingerprint density at radius 1 is 1.27 bits per heavy atom. The Kier molecular flexibility index (Phi) is 3.82. The summed E-state index contributed by atoms with van der Waals surface area (Å²) in [5.41, 5.74) is -0.231. The van der Waals surface area contributed by atoms with E-state index in [2.05, 4.69) is 0 Å². The number of carbonyl (C=O) groups is 1. The van der Waals surface area contributed by atoms with Crippen molar-refractivity contribution in [3.63, 3.8) is 0 Å². The summed E-state index contributed by atoms with van der Waals surface area (Å²) in [6.45, 7) is 0. The zero-order valence-corrected chi connectivity index (χ0v) is 8.54. The minimum Gasteiger partial charge on any atom is -0.319 e. The second-order valence-corrected chi connectivity index (χ2v) is 3.35. The number of hydrogen-bond donors (Lipinski definition) is 1. The van der Waals surface area contributed by atoms with Gasteiger partial charge in [-0.15, -0.1) is 0 Å². The smallest absolute Gasteiger partial charge is 0.315 e. The van der Waals surface area contributed by atoms with Crippen LogP contribution in [0.3, 0.4) is 0 Å². The highest BCUT2D eigenvalue weighted by molar-refractivity contribution is 6.39. The van der Waals surface area contributed by atoms with E-state index in [4.69, 9.17) is 23.2 Å². The monoisotopic (exact) mass is 257 g/mol. The van der Waals surface area contributed by atoms with Gasteiger partial charge in [0.2, 0.25) is 0 Å². The van der Waals surface area contributed by atoms with E-state index < -0.39 is 18.1 Å². The number of amides is 1. The van der Waals surface area contributed by atoms with Gasteiger partial charge in [0, 0.05) is 0 Å². The molecule has 0 aliphatic rings. The number of hydrogen-bond acceptors (Lipinski definition) is 1. The van der Waals surface area contributed by atoms with Gasteiger partial charge in [0.25, 0.3) is 5.91 Å². The minimum absolute atomic E-state index is 0.231. The molecule has 0 spiro atoms. The van der Waals surface area contributed by atoms with Crippen molar-refractivity contribution in [1.82, 2.24) is 0 Å². The first-order valence-electron chi connectivity index (χ1n) is 3.65. The van der Waals surface area contributed by atoms with Crippen LogP contribution in [0.25, 0.3) is 0 Å². The van der Waals surface area contributed by atoms with Crippen LogP contribution in [0.2, 0.25) is 10.0 Å². The molecule has 0 unspecified atom stereocenters. The van der Waals surface area contributed by atoms with Gasteiger partial charge in [0.1, 0.15) is 5.82 Å². The summed E-state index contributed by atoms with van der Waals surface area (Å²) in [6, 6.07) is 1.71. The van der Waals surface area contributed by atoms with E-state index in [0.29, 0.717) is 0 Å². The van der Waals surface area contributed by atoms with Crippen molar-refractivity contribution < 1.29 is 18.0 Å². The van der Waals surface area contributed by atoms with Crippen LogP contribution >= 0.6 is 23.2 Å². The second-order valence-electron chi connectivity index (χ2n) is 2.53. The quantitative estimate of drug-likeness (QED) is 0.865. The number of anilines is 1. The van der Waals surface area contributed by atoms with Crippen LogP contribution in [0.1, 0.15) is 0 Å². The van der Waals surface area contributed by atoms with E-state index in [1.165, 1.54) is 0 Å². The van der Waals surface area contributed by atoms with Crippen LogP contribution in [0.4, 0.5) is 18.9 Å². The van der Waals surface area contributed by atoms with E-state index in [1.807, 2.05) is 0 Å². The Labute approximate surface area is 93.0 Å². The van der Waals surface area contributed by atoms with Gasteiger partial charge in [-0.05, 0) is 12.1 Å². The van der Waals surface area contributed by atoms with Gasteiger partial charge in [-0.3, -0.25) is 4.79 Å². The van der Waals surface area contributed by atoms with Crippen LogP contribution < -0.4 is 5.32 Å². The molecule has 1 aromatic rings. The Balaban J connectivity index is 3.00. The molecule has 82 valence electrons. The molecule has 0 bridgehead atoms. The van der Waals surface area contributed by atoms with Gasteiger partial charge < -0.3 is 5.32 Å². The Morgan fingerprint density at radius 2 is 1.73 bits per heavy atom. The number of halogens is 5. The third-order valence-electron chi connectivity index (χ3n) is 1.45. The first-order valence-corrected chi connectivity index (χ1v) is 4.41. The zero-order valence-electron chi connectivity index (χ0n) is 7.03. The van der Waals surface area contributed by atoms with Crippen molar-refractivity contribution >= 4 is 34.8 Å². The summed E-state index contributed by atoms with van der Waals surface area (Å²) in [7, 11) is 0. The number of carbonyl (C=O) groups excluding carboxylic acids is 1. The molecule has 0 aromatic heterocycles. The minimum atomic E-state index is -3.19. The predicted molar refractivity (Wildman–Crippen MR) is 51.1 cm³/mol. The molecule has 0 aliphatic heterocycles. The fraction of sp³-hybridized carbons (Fsp3) is 0.125. The van der Waals surface area contributed by atoms with Crippen LogP contribution in [-0.2, 0) is 4.79 Å². The van der Waals surface area contributed by atoms with E-state index in [0.717, 1.165) is 12.1 Å². The van der Waals surface area contributed by atoms with Gasteiger partial charge in [-0.2, -0.15) is 8.78 Å². The molecular formula is C8H4Cl2F3NO.